The molecule has 0 fully saturated rings. The first-order valence-electron chi connectivity index (χ1n) is 6.56. The average molecular weight is 290 g/mol. The number of aromatic carboxylic acids is 1. The smallest absolute Gasteiger partial charge is 0.347 e. The molecule has 0 amide bonds. The van der Waals surface area contributed by atoms with Gasteiger partial charge in [-0.1, -0.05) is 42.4 Å². The number of benzene rings is 1. The summed E-state index contributed by atoms with van der Waals surface area (Å²) in [4.78, 5) is 18.0. The van der Waals surface area contributed by atoms with Crippen LogP contribution in [-0.2, 0) is 6.42 Å². The lowest BCUT2D eigenvalue weighted by Crippen LogP contribution is -2.09. The normalized spacial score (nSPS) is 10.6. The van der Waals surface area contributed by atoms with Gasteiger partial charge >= 0.3 is 5.97 Å². The maximum Gasteiger partial charge on any atom is 0.347 e. The Morgan fingerprint density at radius 2 is 2.00 bits per heavy atom. The fourth-order valence-electron chi connectivity index (χ4n) is 1.93. The van der Waals surface area contributed by atoms with Gasteiger partial charge in [-0.15, -0.1) is 0 Å². The Balaban J connectivity index is 2.34. The third-order valence-corrected chi connectivity index (χ3v) is 4.24. The van der Waals surface area contributed by atoms with Gasteiger partial charge in [0.25, 0.3) is 0 Å². The molecule has 0 bridgehead atoms. The molecule has 0 saturated heterocycles. The number of aryl methyl sites for hydroxylation is 2. The summed E-state index contributed by atoms with van der Waals surface area (Å²) in [7, 11) is 1.91. The van der Waals surface area contributed by atoms with Gasteiger partial charge in [0.1, 0.15) is 4.88 Å². The fourth-order valence-corrected chi connectivity index (χ4v) is 2.87. The van der Waals surface area contributed by atoms with Crippen molar-refractivity contribution in [1.29, 1.82) is 0 Å². The van der Waals surface area contributed by atoms with Gasteiger partial charge in [0, 0.05) is 12.7 Å². The van der Waals surface area contributed by atoms with Gasteiger partial charge in [-0.25, -0.2) is 9.78 Å². The maximum atomic E-state index is 11.3. The van der Waals surface area contributed by atoms with Crippen LogP contribution in [-0.4, -0.2) is 23.1 Å². The lowest BCUT2D eigenvalue weighted by atomic mass is 10.2. The number of hydrogen-bond acceptors (Lipinski definition) is 4. The summed E-state index contributed by atoms with van der Waals surface area (Å²) in [6.45, 7) is 4.06. The van der Waals surface area contributed by atoms with E-state index in [-0.39, 0.29) is 0 Å². The van der Waals surface area contributed by atoms with Crippen LogP contribution in [0.25, 0.3) is 0 Å². The van der Waals surface area contributed by atoms with Crippen LogP contribution in [0.2, 0.25) is 0 Å². The monoisotopic (exact) mass is 290 g/mol. The maximum absolute atomic E-state index is 11.3. The molecule has 0 aliphatic rings. The van der Waals surface area contributed by atoms with Crippen molar-refractivity contribution in [2.45, 2.75) is 26.7 Å². The molecule has 1 aromatic heterocycles. The van der Waals surface area contributed by atoms with E-state index in [4.69, 9.17) is 0 Å². The van der Waals surface area contributed by atoms with Gasteiger partial charge in [-0.3, -0.25) is 0 Å². The van der Waals surface area contributed by atoms with Crippen molar-refractivity contribution in [2.75, 3.05) is 11.9 Å². The molecular formula is C15H18N2O2S. The number of rotatable bonds is 5. The van der Waals surface area contributed by atoms with Crippen LogP contribution < -0.4 is 4.90 Å². The molecule has 106 valence electrons. The van der Waals surface area contributed by atoms with Gasteiger partial charge in [0.05, 0.1) is 5.69 Å². The van der Waals surface area contributed by atoms with Gasteiger partial charge in [-0.05, 0) is 25.5 Å². The summed E-state index contributed by atoms with van der Waals surface area (Å²) in [5, 5.41) is 9.96. The number of aromatic nitrogens is 1. The van der Waals surface area contributed by atoms with Crippen LogP contribution >= 0.6 is 11.3 Å². The first-order valence-corrected chi connectivity index (χ1v) is 7.38. The van der Waals surface area contributed by atoms with Crippen molar-refractivity contribution in [3.8, 4) is 0 Å². The molecule has 20 heavy (non-hydrogen) atoms. The number of nitrogens with zero attached hydrogens (tertiary/aromatic N) is 2. The quantitative estimate of drug-likeness (QED) is 0.908. The van der Waals surface area contributed by atoms with E-state index in [0.29, 0.717) is 17.0 Å². The van der Waals surface area contributed by atoms with Crippen LogP contribution in [0.3, 0.4) is 0 Å². The van der Waals surface area contributed by atoms with E-state index in [2.05, 4.69) is 4.98 Å². The first kappa shape index (κ1) is 14.5. The highest BCUT2D eigenvalue weighted by molar-refractivity contribution is 7.17. The molecule has 0 atom stereocenters. The van der Waals surface area contributed by atoms with Crippen molar-refractivity contribution in [1.82, 2.24) is 4.98 Å². The molecule has 1 aromatic carbocycles. The van der Waals surface area contributed by atoms with Gasteiger partial charge in [0.15, 0.2) is 5.13 Å². The van der Waals surface area contributed by atoms with E-state index in [1.54, 1.807) is 0 Å². The molecule has 0 radical (unpaired) electrons. The Kier molecular flexibility index (Phi) is 4.39. The van der Waals surface area contributed by atoms with Gasteiger partial charge in [-0.2, -0.15) is 0 Å². The summed E-state index contributed by atoms with van der Waals surface area (Å²) in [5.41, 5.74) is 2.88. The Bertz CT molecular complexity index is 605. The van der Waals surface area contributed by atoms with Crippen molar-refractivity contribution in [3.05, 3.63) is 40.4 Å². The number of thiazole rings is 1. The van der Waals surface area contributed by atoms with E-state index in [1.165, 1.54) is 16.9 Å². The first-order chi connectivity index (χ1) is 9.52. The van der Waals surface area contributed by atoms with Gasteiger partial charge < -0.3 is 10.0 Å². The second-order valence-electron chi connectivity index (χ2n) is 4.72. The second-order valence-corrected chi connectivity index (χ2v) is 5.70. The van der Waals surface area contributed by atoms with E-state index in [1.807, 2.05) is 50.1 Å². The summed E-state index contributed by atoms with van der Waals surface area (Å²) in [6, 6.07) is 8.09. The molecule has 1 heterocycles. The largest absolute Gasteiger partial charge is 0.477 e. The molecular weight excluding hydrogens is 272 g/mol. The van der Waals surface area contributed by atoms with Crippen LogP contribution in [0.1, 0.15) is 34.3 Å². The predicted octanol–water partition coefficient (Wildman–Crippen LogP) is 3.87. The Morgan fingerprint density at radius 3 is 2.55 bits per heavy atom. The number of carbonyl (C=O) groups is 1. The highest BCUT2D eigenvalue weighted by Gasteiger charge is 2.19. The summed E-state index contributed by atoms with van der Waals surface area (Å²) in [6.07, 6.45) is 1.58. The highest BCUT2D eigenvalue weighted by atomic mass is 32.1. The molecule has 2 aromatic rings. The lowest BCUT2D eigenvalue weighted by molar-refractivity contribution is 0.0700. The zero-order chi connectivity index (χ0) is 14.7. The topological polar surface area (TPSA) is 53.4 Å². The number of carboxylic acid groups (broad SMARTS) is 1. The number of carboxylic acids is 1. The van der Waals surface area contributed by atoms with E-state index >= 15 is 0 Å². The highest BCUT2D eigenvalue weighted by Crippen LogP contribution is 2.31. The minimum atomic E-state index is -0.894. The molecule has 0 aliphatic carbocycles. The van der Waals surface area contributed by atoms with Crippen LogP contribution in [0.15, 0.2) is 24.3 Å². The fraction of sp³-hybridized carbons (Fsp3) is 0.333. The lowest BCUT2D eigenvalue weighted by Gasteiger charge is -2.15. The van der Waals surface area contributed by atoms with Crippen LogP contribution in [0.5, 0.6) is 0 Å². The molecule has 0 unspecified atom stereocenters. The minimum absolute atomic E-state index is 0.348. The van der Waals surface area contributed by atoms with E-state index in [0.717, 1.165) is 17.2 Å². The minimum Gasteiger partial charge on any atom is -0.477 e. The summed E-state index contributed by atoms with van der Waals surface area (Å²) >= 11 is 1.23. The van der Waals surface area contributed by atoms with Crippen molar-refractivity contribution < 1.29 is 9.90 Å². The van der Waals surface area contributed by atoms with Crippen LogP contribution in [0.4, 0.5) is 10.8 Å². The number of hydrogen-bond donors (Lipinski definition) is 1. The summed E-state index contributed by atoms with van der Waals surface area (Å²) < 4.78 is 0. The average Bonchev–Trinajstić information content (AvgIpc) is 2.83. The Morgan fingerprint density at radius 1 is 1.35 bits per heavy atom. The molecule has 2 rings (SSSR count). The molecule has 4 nitrogen and oxygen atoms in total. The number of anilines is 2. The zero-order valence-electron chi connectivity index (χ0n) is 11.9. The van der Waals surface area contributed by atoms with E-state index < -0.39 is 5.97 Å². The Hall–Kier alpha value is -1.88. The third-order valence-electron chi connectivity index (χ3n) is 3.08. The molecule has 0 aliphatic heterocycles. The third kappa shape index (κ3) is 2.99. The van der Waals surface area contributed by atoms with Crippen molar-refractivity contribution in [2.24, 2.45) is 0 Å². The second kappa shape index (κ2) is 6.05. The van der Waals surface area contributed by atoms with Crippen molar-refractivity contribution in [3.63, 3.8) is 0 Å². The predicted molar refractivity (Wildman–Crippen MR) is 82.3 cm³/mol. The van der Waals surface area contributed by atoms with E-state index in [9.17, 15) is 9.90 Å². The molecule has 1 N–H and O–H groups in total. The SMILES string of the molecule is CCCc1nc(N(C)c2ccc(C)cc2)sc1C(=O)O. The zero-order valence-corrected chi connectivity index (χ0v) is 12.7. The molecule has 5 heteroatoms. The van der Waals surface area contributed by atoms with Crippen molar-refractivity contribution >= 4 is 28.1 Å². The molecule has 0 saturated carbocycles. The Labute approximate surface area is 122 Å². The molecule has 0 spiro atoms. The van der Waals surface area contributed by atoms with Gasteiger partial charge in [0.2, 0.25) is 0 Å². The standard InChI is InChI=1S/C15H18N2O2S/c1-4-5-12-13(14(18)19)20-15(16-12)17(3)11-8-6-10(2)7-9-11/h6-9H,4-5H2,1-3H3,(H,18,19). The van der Waals surface area contributed by atoms with Crippen LogP contribution in [0, 0.1) is 6.92 Å². The summed E-state index contributed by atoms with van der Waals surface area (Å²) in [5.74, 6) is -0.894.